The van der Waals surface area contributed by atoms with Crippen LogP contribution in [0, 0.1) is 11.3 Å². The van der Waals surface area contributed by atoms with E-state index in [-0.39, 0.29) is 5.91 Å². The number of carbonyl (C=O) groups is 1. The molecule has 0 aliphatic rings. The van der Waals surface area contributed by atoms with Gasteiger partial charge in [0.05, 0.1) is 10.8 Å². The Kier molecular flexibility index (Phi) is 7.47. The maximum Gasteiger partial charge on any atom is 0.237 e. The van der Waals surface area contributed by atoms with Crippen molar-refractivity contribution in [3.05, 3.63) is 78.0 Å². The predicted octanol–water partition coefficient (Wildman–Crippen LogP) is 5.82. The largest absolute Gasteiger partial charge is 0.457 e. The van der Waals surface area contributed by atoms with E-state index in [1.165, 1.54) is 11.8 Å². The van der Waals surface area contributed by atoms with Crippen molar-refractivity contribution in [1.29, 1.82) is 5.26 Å². The van der Waals surface area contributed by atoms with E-state index in [1.807, 2.05) is 55.5 Å². The Hall–Kier alpha value is -3.30. The van der Waals surface area contributed by atoms with Gasteiger partial charge in [-0.2, -0.15) is 5.26 Å². The molecule has 0 saturated carbocycles. The van der Waals surface area contributed by atoms with E-state index in [4.69, 9.17) is 4.74 Å². The van der Waals surface area contributed by atoms with Gasteiger partial charge in [0.15, 0.2) is 0 Å². The number of nitrogens with one attached hydrogen (secondary N) is 1. The standard InChI is InChI=1S/C24H23N3O2S/c1-3-7-19-11-10-18(16-25)24(27-19)30-17(2)23(28)26-20-12-14-22(15-13-20)29-21-8-5-4-6-9-21/h4-6,8-15,17H,3,7H2,1-2H3,(H,26,28). The highest BCUT2D eigenvalue weighted by Gasteiger charge is 2.18. The maximum atomic E-state index is 12.6. The average Bonchev–Trinajstić information content (AvgIpc) is 2.76. The van der Waals surface area contributed by atoms with E-state index in [1.54, 1.807) is 18.2 Å². The lowest BCUT2D eigenvalue weighted by molar-refractivity contribution is -0.115. The Labute approximate surface area is 181 Å². The first-order valence-corrected chi connectivity index (χ1v) is 10.7. The third-order valence-electron chi connectivity index (χ3n) is 4.30. The van der Waals surface area contributed by atoms with E-state index in [0.717, 1.165) is 24.3 Å². The van der Waals surface area contributed by atoms with Crippen LogP contribution in [0.5, 0.6) is 11.5 Å². The van der Waals surface area contributed by atoms with E-state index < -0.39 is 5.25 Å². The van der Waals surface area contributed by atoms with E-state index in [9.17, 15) is 10.1 Å². The van der Waals surface area contributed by atoms with Crippen LogP contribution in [0.2, 0.25) is 0 Å². The number of nitrogens with zero attached hydrogens (tertiary/aromatic N) is 2. The average molecular weight is 418 g/mol. The van der Waals surface area contributed by atoms with Gasteiger partial charge in [-0.15, -0.1) is 0 Å². The summed E-state index contributed by atoms with van der Waals surface area (Å²) in [6.45, 7) is 3.89. The van der Waals surface area contributed by atoms with Gasteiger partial charge in [-0.25, -0.2) is 4.98 Å². The molecule has 1 unspecified atom stereocenters. The normalized spacial score (nSPS) is 11.4. The summed E-state index contributed by atoms with van der Waals surface area (Å²) in [6.07, 6.45) is 1.82. The Balaban J connectivity index is 1.62. The fraction of sp³-hybridized carbons (Fsp3) is 0.208. The minimum atomic E-state index is -0.401. The molecule has 0 aliphatic carbocycles. The fourth-order valence-corrected chi connectivity index (χ4v) is 3.66. The summed E-state index contributed by atoms with van der Waals surface area (Å²) >= 11 is 1.30. The zero-order chi connectivity index (χ0) is 21.3. The molecule has 6 heteroatoms. The highest BCUT2D eigenvalue weighted by molar-refractivity contribution is 8.00. The van der Waals surface area contributed by atoms with Crippen molar-refractivity contribution >= 4 is 23.4 Å². The number of thioether (sulfide) groups is 1. The molecule has 1 aromatic heterocycles. The number of rotatable bonds is 8. The number of amides is 1. The second-order valence-corrected chi connectivity index (χ2v) is 8.04. The lowest BCUT2D eigenvalue weighted by atomic mass is 10.2. The summed E-state index contributed by atoms with van der Waals surface area (Å²) < 4.78 is 5.77. The van der Waals surface area contributed by atoms with Crippen LogP contribution in [0.4, 0.5) is 5.69 Å². The lowest BCUT2D eigenvalue weighted by Crippen LogP contribution is -2.22. The predicted molar refractivity (Wildman–Crippen MR) is 120 cm³/mol. The van der Waals surface area contributed by atoms with Crippen LogP contribution in [0.15, 0.2) is 71.8 Å². The van der Waals surface area contributed by atoms with Gasteiger partial charge in [-0.1, -0.05) is 43.3 Å². The van der Waals surface area contributed by atoms with E-state index >= 15 is 0 Å². The molecule has 152 valence electrons. The van der Waals surface area contributed by atoms with Crippen LogP contribution in [-0.4, -0.2) is 16.1 Å². The number of hydrogen-bond donors (Lipinski definition) is 1. The van der Waals surface area contributed by atoms with Crippen molar-refractivity contribution in [1.82, 2.24) is 4.98 Å². The topological polar surface area (TPSA) is 75.0 Å². The SMILES string of the molecule is CCCc1ccc(C#N)c(SC(C)C(=O)Nc2ccc(Oc3ccccc3)cc2)n1. The first-order chi connectivity index (χ1) is 14.6. The monoisotopic (exact) mass is 417 g/mol. The fourth-order valence-electron chi connectivity index (χ4n) is 2.74. The molecule has 1 amide bonds. The Morgan fingerprint density at radius 2 is 1.80 bits per heavy atom. The first-order valence-electron chi connectivity index (χ1n) is 9.79. The van der Waals surface area contributed by atoms with Crippen molar-refractivity contribution in [2.24, 2.45) is 0 Å². The second kappa shape index (κ2) is 10.5. The summed E-state index contributed by atoms with van der Waals surface area (Å²) in [7, 11) is 0. The minimum absolute atomic E-state index is 0.150. The molecule has 0 fully saturated rings. The molecule has 0 aliphatic heterocycles. The number of anilines is 1. The number of pyridine rings is 1. The van der Waals surface area contributed by atoms with Crippen LogP contribution in [0.1, 0.15) is 31.5 Å². The molecule has 1 N–H and O–H groups in total. The van der Waals surface area contributed by atoms with E-state index in [2.05, 4.69) is 23.3 Å². The molecule has 3 rings (SSSR count). The molecule has 1 heterocycles. The van der Waals surface area contributed by atoms with Gasteiger partial charge >= 0.3 is 0 Å². The first kappa shape index (κ1) is 21.4. The maximum absolute atomic E-state index is 12.6. The molecule has 2 aromatic carbocycles. The molecule has 0 spiro atoms. The van der Waals surface area contributed by atoms with Gasteiger partial charge in [-0.3, -0.25) is 4.79 Å². The van der Waals surface area contributed by atoms with Crippen molar-refractivity contribution in [2.75, 3.05) is 5.32 Å². The van der Waals surface area contributed by atoms with Crippen molar-refractivity contribution in [3.63, 3.8) is 0 Å². The van der Waals surface area contributed by atoms with Gasteiger partial charge in [0, 0.05) is 11.4 Å². The molecule has 5 nitrogen and oxygen atoms in total. The van der Waals surface area contributed by atoms with Crippen LogP contribution in [0.25, 0.3) is 0 Å². The van der Waals surface area contributed by atoms with Crippen molar-refractivity contribution in [2.45, 2.75) is 37.0 Å². The third kappa shape index (κ3) is 5.85. The third-order valence-corrected chi connectivity index (χ3v) is 5.41. The van der Waals surface area contributed by atoms with Crippen LogP contribution < -0.4 is 10.1 Å². The number of aromatic nitrogens is 1. The number of benzene rings is 2. The summed E-state index contributed by atoms with van der Waals surface area (Å²) in [5, 5.41) is 12.4. The van der Waals surface area contributed by atoms with Crippen molar-refractivity contribution < 1.29 is 9.53 Å². The number of hydrogen-bond acceptors (Lipinski definition) is 5. The molecule has 0 radical (unpaired) electrons. The van der Waals surface area contributed by atoms with Crippen molar-refractivity contribution in [3.8, 4) is 17.6 Å². The molecular formula is C24H23N3O2S. The molecule has 1 atom stereocenters. The smallest absolute Gasteiger partial charge is 0.237 e. The highest BCUT2D eigenvalue weighted by Crippen LogP contribution is 2.27. The number of aryl methyl sites for hydroxylation is 1. The molecule has 30 heavy (non-hydrogen) atoms. The number of nitriles is 1. The summed E-state index contributed by atoms with van der Waals surface area (Å²) in [5.74, 6) is 1.30. The molecule has 0 saturated heterocycles. The summed E-state index contributed by atoms with van der Waals surface area (Å²) in [6, 6.07) is 22.5. The summed E-state index contributed by atoms with van der Waals surface area (Å²) in [5.41, 5.74) is 2.10. The van der Waals surface area contributed by atoms with Gasteiger partial charge < -0.3 is 10.1 Å². The van der Waals surface area contributed by atoms with Gasteiger partial charge in [0.2, 0.25) is 5.91 Å². The van der Waals surface area contributed by atoms with Crippen LogP contribution in [0.3, 0.4) is 0 Å². The molecule has 3 aromatic rings. The molecule has 0 bridgehead atoms. The van der Waals surface area contributed by atoms with Gasteiger partial charge in [-0.05, 0) is 61.9 Å². The lowest BCUT2D eigenvalue weighted by Gasteiger charge is -2.13. The summed E-state index contributed by atoms with van der Waals surface area (Å²) in [4.78, 5) is 17.2. The zero-order valence-electron chi connectivity index (χ0n) is 17.0. The van der Waals surface area contributed by atoms with Gasteiger partial charge in [0.25, 0.3) is 0 Å². The number of carbonyl (C=O) groups excluding carboxylic acids is 1. The van der Waals surface area contributed by atoms with Crippen LogP contribution in [-0.2, 0) is 11.2 Å². The zero-order valence-corrected chi connectivity index (χ0v) is 17.8. The number of para-hydroxylation sites is 1. The van der Waals surface area contributed by atoms with E-state index in [0.29, 0.717) is 22.0 Å². The van der Waals surface area contributed by atoms with Gasteiger partial charge in [0.1, 0.15) is 22.6 Å². The number of ether oxygens (including phenoxy) is 1. The minimum Gasteiger partial charge on any atom is -0.457 e. The van der Waals surface area contributed by atoms with Crippen LogP contribution >= 0.6 is 11.8 Å². The quantitative estimate of drug-likeness (QED) is 0.468. The second-order valence-electron chi connectivity index (χ2n) is 6.71. The highest BCUT2D eigenvalue weighted by atomic mass is 32.2. The Morgan fingerprint density at radius 1 is 1.10 bits per heavy atom. The Morgan fingerprint density at radius 3 is 2.47 bits per heavy atom. The molecular weight excluding hydrogens is 394 g/mol. The Bertz CT molecular complexity index is 1030.